The normalized spacial score (nSPS) is 41.6. The molecule has 104 valence electrons. The highest BCUT2D eigenvalue weighted by molar-refractivity contribution is 5.11. The summed E-state index contributed by atoms with van der Waals surface area (Å²) in [6.45, 7) is 0.795. The second-order valence-electron chi connectivity index (χ2n) is 7.39. The standard InChI is InChI=1S/C17H26N2/c18-10-15(17-2-1-3-19-17)9-16-13-5-11-4-12(7-13)8-14(16)6-11/h1-3,11-16,19H,4-10,18H2. The van der Waals surface area contributed by atoms with Crippen molar-refractivity contribution in [2.75, 3.05) is 6.54 Å². The van der Waals surface area contributed by atoms with E-state index in [-0.39, 0.29) is 0 Å². The van der Waals surface area contributed by atoms with Crippen LogP contribution in [0.15, 0.2) is 18.3 Å². The molecule has 4 aliphatic rings. The van der Waals surface area contributed by atoms with E-state index in [1.165, 1.54) is 37.8 Å². The van der Waals surface area contributed by atoms with Crippen molar-refractivity contribution in [2.45, 2.75) is 44.4 Å². The Balaban J connectivity index is 1.50. The Morgan fingerprint density at radius 3 is 2.32 bits per heavy atom. The van der Waals surface area contributed by atoms with Crippen molar-refractivity contribution >= 4 is 0 Å². The number of nitrogens with one attached hydrogen (secondary N) is 1. The molecule has 1 heterocycles. The minimum atomic E-state index is 0.553. The molecule has 2 nitrogen and oxygen atoms in total. The Morgan fingerprint density at radius 2 is 1.79 bits per heavy atom. The van der Waals surface area contributed by atoms with E-state index in [0.29, 0.717) is 5.92 Å². The predicted octanol–water partition coefficient (Wildman–Crippen LogP) is 3.52. The van der Waals surface area contributed by atoms with E-state index >= 15 is 0 Å². The molecule has 2 heteroatoms. The number of rotatable bonds is 4. The van der Waals surface area contributed by atoms with Crippen LogP contribution in [0.1, 0.15) is 50.1 Å². The van der Waals surface area contributed by atoms with Crippen LogP contribution >= 0.6 is 0 Å². The molecule has 4 saturated carbocycles. The Kier molecular flexibility index (Phi) is 2.95. The summed E-state index contributed by atoms with van der Waals surface area (Å²) in [5.41, 5.74) is 7.41. The Labute approximate surface area is 116 Å². The molecule has 1 atom stereocenters. The zero-order valence-electron chi connectivity index (χ0n) is 11.7. The molecule has 4 aliphatic carbocycles. The maximum absolute atomic E-state index is 6.05. The molecule has 0 aliphatic heterocycles. The van der Waals surface area contributed by atoms with Crippen LogP contribution in [0.2, 0.25) is 0 Å². The maximum Gasteiger partial charge on any atom is 0.0191 e. The number of aromatic amines is 1. The minimum absolute atomic E-state index is 0.553. The molecule has 0 spiro atoms. The first kappa shape index (κ1) is 12.0. The molecular formula is C17H26N2. The molecule has 3 N–H and O–H groups in total. The molecule has 0 radical (unpaired) electrons. The van der Waals surface area contributed by atoms with Crippen LogP contribution in [-0.2, 0) is 0 Å². The smallest absolute Gasteiger partial charge is 0.0191 e. The third kappa shape index (κ3) is 2.05. The molecule has 5 rings (SSSR count). The topological polar surface area (TPSA) is 41.8 Å². The lowest BCUT2D eigenvalue weighted by molar-refractivity contribution is -0.0420. The molecule has 19 heavy (non-hydrogen) atoms. The molecule has 1 aromatic rings. The van der Waals surface area contributed by atoms with E-state index in [1.807, 2.05) is 6.20 Å². The number of hydrogen-bond donors (Lipinski definition) is 2. The van der Waals surface area contributed by atoms with Gasteiger partial charge in [0.15, 0.2) is 0 Å². The molecular weight excluding hydrogens is 232 g/mol. The molecule has 0 aromatic carbocycles. The van der Waals surface area contributed by atoms with Crippen molar-refractivity contribution in [2.24, 2.45) is 35.3 Å². The highest BCUT2D eigenvalue weighted by Crippen LogP contribution is 2.58. The van der Waals surface area contributed by atoms with Crippen molar-refractivity contribution in [3.63, 3.8) is 0 Å². The van der Waals surface area contributed by atoms with E-state index < -0.39 is 0 Å². The van der Waals surface area contributed by atoms with Gasteiger partial charge in [-0.25, -0.2) is 0 Å². The van der Waals surface area contributed by atoms with E-state index in [0.717, 1.165) is 36.1 Å². The number of H-pyrrole nitrogens is 1. The Hall–Kier alpha value is -0.760. The SMILES string of the molecule is NCC(CC1C2CC3CC(C2)CC1C3)c1ccc[nH]1. The van der Waals surface area contributed by atoms with Gasteiger partial charge in [0.05, 0.1) is 0 Å². The number of aromatic nitrogens is 1. The average molecular weight is 258 g/mol. The molecule has 0 saturated heterocycles. The van der Waals surface area contributed by atoms with Crippen molar-refractivity contribution in [3.05, 3.63) is 24.0 Å². The summed E-state index contributed by atoms with van der Waals surface area (Å²) in [7, 11) is 0. The van der Waals surface area contributed by atoms with Gasteiger partial charge < -0.3 is 10.7 Å². The fourth-order valence-electron chi connectivity index (χ4n) is 5.70. The van der Waals surface area contributed by atoms with E-state index in [2.05, 4.69) is 17.1 Å². The summed E-state index contributed by atoms with van der Waals surface area (Å²) in [5, 5.41) is 0. The second kappa shape index (κ2) is 4.66. The van der Waals surface area contributed by atoms with Crippen molar-refractivity contribution in [3.8, 4) is 0 Å². The van der Waals surface area contributed by atoms with Gasteiger partial charge in [0.1, 0.15) is 0 Å². The van der Waals surface area contributed by atoms with E-state index in [1.54, 1.807) is 6.42 Å². The van der Waals surface area contributed by atoms with Crippen LogP contribution in [0.4, 0.5) is 0 Å². The van der Waals surface area contributed by atoms with Crippen LogP contribution < -0.4 is 5.73 Å². The predicted molar refractivity (Wildman–Crippen MR) is 77.7 cm³/mol. The number of nitrogens with two attached hydrogens (primary N) is 1. The van der Waals surface area contributed by atoms with Gasteiger partial charge in [-0.1, -0.05) is 0 Å². The lowest BCUT2D eigenvalue weighted by atomic mass is 9.50. The van der Waals surface area contributed by atoms with Gasteiger partial charge in [0.2, 0.25) is 0 Å². The van der Waals surface area contributed by atoms with Crippen LogP contribution in [0.3, 0.4) is 0 Å². The largest absolute Gasteiger partial charge is 0.365 e. The van der Waals surface area contributed by atoms with Crippen LogP contribution in [0.5, 0.6) is 0 Å². The summed E-state index contributed by atoms with van der Waals surface area (Å²) in [5.74, 6) is 5.74. The van der Waals surface area contributed by atoms with Crippen molar-refractivity contribution in [1.82, 2.24) is 4.98 Å². The first-order valence-electron chi connectivity index (χ1n) is 8.16. The van der Waals surface area contributed by atoms with Gasteiger partial charge in [-0.2, -0.15) is 0 Å². The highest BCUT2D eigenvalue weighted by atomic mass is 14.7. The monoisotopic (exact) mass is 258 g/mol. The van der Waals surface area contributed by atoms with Gasteiger partial charge >= 0.3 is 0 Å². The molecule has 4 fully saturated rings. The molecule has 1 aromatic heterocycles. The van der Waals surface area contributed by atoms with Crippen LogP contribution in [0, 0.1) is 29.6 Å². The zero-order chi connectivity index (χ0) is 12.8. The van der Waals surface area contributed by atoms with Gasteiger partial charge in [0.25, 0.3) is 0 Å². The summed E-state index contributed by atoms with van der Waals surface area (Å²) in [4.78, 5) is 3.38. The highest BCUT2D eigenvalue weighted by Gasteiger charge is 2.48. The minimum Gasteiger partial charge on any atom is -0.365 e. The third-order valence-corrected chi connectivity index (χ3v) is 6.33. The quantitative estimate of drug-likeness (QED) is 0.852. The van der Waals surface area contributed by atoms with Gasteiger partial charge in [-0.15, -0.1) is 0 Å². The van der Waals surface area contributed by atoms with E-state index in [4.69, 9.17) is 5.73 Å². The van der Waals surface area contributed by atoms with Crippen molar-refractivity contribution in [1.29, 1.82) is 0 Å². The number of hydrogen-bond acceptors (Lipinski definition) is 1. The van der Waals surface area contributed by atoms with Gasteiger partial charge in [0, 0.05) is 24.4 Å². The van der Waals surface area contributed by atoms with E-state index in [9.17, 15) is 0 Å². The molecule has 0 amide bonds. The summed E-state index contributed by atoms with van der Waals surface area (Å²) in [6.07, 6.45) is 11.0. The first-order valence-corrected chi connectivity index (χ1v) is 8.16. The lowest BCUT2D eigenvalue weighted by Gasteiger charge is -2.55. The fraction of sp³-hybridized carbons (Fsp3) is 0.765. The Morgan fingerprint density at radius 1 is 1.11 bits per heavy atom. The average Bonchev–Trinajstić information content (AvgIpc) is 2.91. The zero-order valence-corrected chi connectivity index (χ0v) is 11.7. The first-order chi connectivity index (χ1) is 9.33. The molecule has 1 unspecified atom stereocenters. The summed E-state index contributed by atoms with van der Waals surface area (Å²) < 4.78 is 0. The second-order valence-corrected chi connectivity index (χ2v) is 7.39. The summed E-state index contributed by atoms with van der Waals surface area (Å²) in [6, 6.07) is 4.32. The van der Waals surface area contributed by atoms with Crippen LogP contribution in [-0.4, -0.2) is 11.5 Å². The van der Waals surface area contributed by atoms with Gasteiger partial charge in [-0.05, 0) is 80.2 Å². The lowest BCUT2D eigenvalue weighted by Crippen LogP contribution is -2.45. The third-order valence-electron chi connectivity index (χ3n) is 6.33. The van der Waals surface area contributed by atoms with Crippen molar-refractivity contribution < 1.29 is 0 Å². The summed E-state index contributed by atoms with van der Waals surface area (Å²) >= 11 is 0. The molecule has 4 bridgehead atoms. The fourth-order valence-corrected chi connectivity index (χ4v) is 5.70. The maximum atomic E-state index is 6.05. The van der Waals surface area contributed by atoms with Crippen LogP contribution in [0.25, 0.3) is 0 Å². The Bertz CT molecular complexity index is 394. The van der Waals surface area contributed by atoms with Gasteiger partial charge in [-0.3, -0.25) is 0 Å².